The second kappa shape index (κ2) is 7.02. The summed E-state index contributed by atoms with van der Waals surface area (Å²) in [7, 11) is 0. The first-order valence-electron chi connectivity index (χ1n) is 8.27. The minimum Gasteiger partial charge on any atom is -0.347 e. The highest BCUT2D eigenvalue weighted by Crippen LogP contribution is 2.27. The summed E-state index contributed by atoms with van der Waals surface area (Å²) >= 11 is 5.97. The van der Waals surface area contributed by atoms with E-state index in [2.05, 4.69) is 33.7 Å². The highest BCUT2D eigenvalue weighted by Gasteiger charge is 2.12. The third-order valence-corrected chi connectivity index (χ3v) is 4.47. The molecule has 1 amide bonds. The average molecular weight is 362 g/mol. The van der Waals surface area contributed by atoms with Crippen molar-refractivity contribution >= 4 is 28.3 Å². The van der Waals surface area contributed by atoms with Gasteiger partial charge in [0.1, 0.15) is 5.69 Å². The number of fused-ring (bicyclic) bond motifs is 1. The number of hydrogen-bond donors (Lipinski definition) is 2. The van der Waals surface area contributed by atoms with Crippen LogP contribution in [0.25, 0.3) is 22.0 Å². The molecular formula is C21H16ClN3O. The zero-order chi connectivity index (χ0) is 17.9. The van der Waals surface area contributed by atoms with Crippen LogP contribution in [0.2, 0.25) is 5.02 Å². The van der Waals surface area contributed by atoms with Crippen molar-refractivity contribution < 1.29 is 4.79 Å². The Bertz CT molecular complexity index is 1080. The van der Waals surface area contributed by atoms with E-state index in [4.69, 9.17) is 11.6 Å². The van der Waals surface area contributed by atoms with E-state index in [0.29, 0.717) is 17.3 Å². The molecule has 4 aromatic rings. The maximum Gasteiger partial charge on any atom is 0.269 e. The topological polar surface area (TPSA) is 57.8 Å². The lowest BCUT2D eigenvalue weighted by Gasteiger charge is -2.04. The van der Waals surface area contributed by atoms with Crippen molar-refractivity contribution in [3.8, 4) is 11.3 Å². The van der Waals surface area contributed by atoms with Gasteiger partial charge >= 0.3 is 0 Å². The van der Waals surface area contributed by atoms with Crippen LogP contribution in [0.3, 0.4) is 0 Å². The minimum absolute atomic E-state index is 0.205. The first kappa shape index (κ1) is 16.4. The molecule has 0 saturated heterocycles. The predicted octanol–water partition coefficient (Wildman–Crippen LogP) is 4.81. The van der Waals surface area contributed by atoms with E-state index in [1.807, 2.05) is 42.5 Å². The van der Waals surface area contributed by atoms with E-state index in [1.54, 1.807) is 12.1 Å². The van der Waals surface area contributed by atoms with Crippen LogP contribution in [0.5, 0.6) is 0 Å². The SMILES string of the molecule is O=C(NCc1cccc(Cl)c1)c1cc(-c2cccc3ccccc23)n[nH]1. The molecule has 0 aliphatic rings. The van der Waals surface area contributed by atoms with E-state index in [0.717, 1.165) is 27.6 Å². The number of H-pyrrole nitrogens is 1. The maximum absolute atomic E-state index is 12.4. The molecule has 4 rings (SSSR count). The van der Waals surface area contributed by atoms with Gasteiger partial charge in [-0.2, -0.15) is 5.10 Å². The standard InChI is InChI=1S/C21H16ClN3O/c22-16-8-3-5-14(11-16)13-23-21(26)20-12-19(24-25-20)18-10-4-7-15-6-1-2-9-17(15)18/h1-12H,13H2,(H,23,26)(H,24,25). The highest BCUT2D eigenvalue weighted by atomic mass is 35.5. The van der Waals surface area contributed by atoms with Gasteiger partial charge in [0.2, 0.25) is 0 Å². The van der Waals surface area contributed by atoms with Crippen molar-refractivity contribution in [1.82, 2.24) is 15.5 Å². The molecule has 1 aromatic heterocycles. The number of nitrogens with one attached hydrogen (secondary N) is 2. The number of aromatic amines is 1. The molecule has 4 nitrogen and oxygen atoms in total. The number of aromatic nitrogens is 2. The summed E-state index contributed by atoms with van der Waals surface area (Å²) in [5.41, 5.74) is 3.11. The van der Waals surface area contributed by atoms with Gasteiger partial charge in [-0.1, -0.05) is 66.2 Å². The summed E-state index contributed by atoms with van der Waals surface area (Å²) in [6, 6.07) is 23.4. The number of carbonyl (C=O) groups is 1. The Morgan fingerprint density at radius 1 is 1.00 bits per heavy atom. The molecule has 0 spiro atoms. The summed E-state index contributed by atoms with van der Waals surface area (Å²) < 4.78 is 0. The molecule has 0 radical (unpaired) electrons. The van der Waals surface area contributed by atoms with Gasteiger partial charge in [-0.25, -0.2) is 0 Å². The lowest BCUT2D eigenvalue weighted by atomic mass is 10.0. The quantitative estimate of drug-likeness (QED) is 0.547. The summed E-state index contributed by atoms with van der Waals surface area (Å²) in [5.74, 6) is -0.205. The largest absolute Gasteiger partial charge is 0.347 e. The van der Waals surface area contributed by atoms with Crippen LogP contribution in [-0.2, 0) is 6.54 Å². The molecule has 0 atom stereocenters. The normalized spacial score (nSPS) is 10.8. The van der Waals surface area contributed by atoms with Crippen molar-refractivity contribution in [3.63, 3.8) is 0 Å². The Hall–Kier alpha value is -3.11. The van der Waals surface area contributed by atoms with E-state index >= 15 is 0 Å². The Kier molecular flexibility index (Phi) is 4.42. The molecule has 1 heterocycles. The van der Waals surface area contributed by atoms with E-state index < -0.39 is 0 Å². The van der Waals surface area contributed by atoms with Crippen molar-refractivity contribution in [2.24, 2.45) is 0 Å². The predicted molar refractivity (Wildman–Crippen MR) is 104 cm³/mol. The number of rotatable bonds is 4. The zero-order valence-corrected chi connectivity index (χ0v) is 14.6. The lowest BCUT2D eigenvalue weighted by Crippen LogP contribution is -2.23. The fraction of sp³-hybridized carbons (Fsp3) is 0.0476. The van der Waals surface area contributed by atoms with E-state index in [9.17, 15) is 4.79 Å². The van der Waals surface area contributed by atoms with Crippen LogP contribution in [0.1, 0.15) is 16.1 Å². The Morgan fingerprint density at radius 3 is 2.69 bits per heavy atom. The molecule has 3 aromatic carbocycles. The van der Waals surface area contributed by atoms with Crippen LogP contribution in [0, 0.1) is 0 Å². The van der Waals surface area contributed by atoms with Gasteiger partial charge in [0.15, 0.2) is 0 Å². The molecule has 0 bridgehead atoms. The Labute approximate surface area is 155 Å². The molecule has 0 unspecified atom stereocenters. The number of amides is 1. The zero-order valence-electron chi connectivity index (χ0n) is 13.9. The van der Waals surface area contributed by atoms with Crippen molar-refractivity contribution in [3.05, 3.63) is 89.1 Å². The fourth-order valence-corrected chi connectivity index (χ4v) is 3.16. The molecule has 0 aliphatic heterocycles. The fourth-order valence-electron chi connectivity index (χ4n) is 2.95. The van der Waals surface area contributed by atoms with Crippen LogP contribution in [0.15, 0.2) is 72.8 Å². The van der Waals surface area contributed by atoms with Gasteiger partial charge in [0.25, 0.3) is 5.91 Å². The minimum atomic E-state index is -0.205. The molecule has 0 aliphatic carbocycles. The second-order valence-electron chi connectivity index (χ2n) is 6.01. The Balaban J connectivity index is 1.55. The molecule has 0 saturated carbocycles. The molecule has 128 valence electrons. The summed E-state index contributed by atoms with van der Waals surface area (Å²) in [4.78, 5) is 12.4. The summed E-state index contributed by atoms with van der Waals surface area (Å²) in [6.07, 6.45) is 0. The number of hydrogen-bond acceptors (Lipinski definition) is 2. The molecule has 2 N–H and O–H groups in total. The first-order chi connectivity index (χ1) is 12.7. The molecular weight excluding hydrogens is 346 g/mol. The highest BCUT2D eigenvalue weighted by molar-refractivity contribution is 6.30. The third kappa shape index (κ3) is 3.32. The number of carbonyl (C=O) groups excluding carboxylic acids is 1. The maximum atomic E-state index is 12.4. The van der Waals surface area contributed by atoms with Gasteiger partial charge < -0.3 is 5.32 Å². The number of benzene rings is 3. The van der Waals surface area contributed by atoms with Crippen LogP contribution >= 0.6 is 11.6 Å². The molecule has 5 heteroatoms. The van der Waals surface area contributed by atoms with Gasteiger partial charge in [-0.15, -0.1) is 0 Å². The van der Waals surface area contributed by atoms with Crippen LogP contribution < -0.4 is 5.32 Å². The van der Waals surface area contributed by atoms with Crippen molar-refractivity contribution in [2.45, 2.75) is 6.54 Å². The lowest BCUT2D eigenvalue weighted by molar-refractivity contribution is 0.0946. The Morgan fingerprint density at radius 2 is 1.81 bits per heavy atom. The average Bonchev–Trinajstić information content (AvgIpc) is 3.16. The number of nitrogens with zero attached hydrogens (tertiary/aromatic N) is 1. The first-order valence-corrected chi connectivity index (χ1v) is 8.65. The van der Waals surface area contributed by atoms with Crippen LogP contribution in [-0.4, -0.2) is 16.1 Å². The van der Waals surface area contributed by atoms with E-state index in [1.165, 1.54) is 0 Å². The molecule has 0 fully saturated rings. The van der Waals surface area contributed by atoms with Crippen LogP contribution in [0.4, 0.5) is 0 Å². The van der Waals surface area contributed by atoms with Gasteiger partial charge in [0.05, 0.1) is 5.69 Å². The summed E-state index contributed by atoms with van der Waals surface area (Å²) in [6.45, 7) is 0.405. The third-order valence-electron chi connectivity index (χ3n) is 4.23. The van der Waals surface area contributed by atoms with Gasteiger partial charge in [0, 0.05) is 17.1 Å². The smallest absolute Gasteiger partial charge is 0.269 e. The van der Waals surface area contributed by atoms with Gasteiger partial charge in [-0.05, 0) is 34.5 Å². The monoisotopic (exact) mass is 361 g/mol. The van der Waals surface area contributed by atoms with Crippen molar-refractivity contribution in [2.75, 3.05) is 0 Å². The summed E-state index contributed by atoms with van der Waals surface area (Å²) in [5, 5.41) is 12.9. The van der Waals surface area contributed by atoms with Gasteiger partial charge in [-0.3, -0.25) is 9.89 Å². The van der Waals surface area contributed by atoms with E-state index in [-0.39, 0.29) is 5.91 Å². The van der Waals surface area contributed by atoms with Crippen molar-refractivity contribution in [1.29, 1.82) is 0 Å². The molecule has 26 heavy (non-hydrogen) atoms. The number of halogens is 1. The second-order valence-corrected chi connectivity index (χ2v) is 6.44.